The van der Waals surface area contributed by atoms with Gasteiger partial charge in [0.1, 0.15) is 0 Å². The van der Waals surface area contributed by atoms with Crippen molar-refractivity contribution in [2.75, 3.05) is 28.2 Å². The van der Waals surface area contributed by atoms with Gasteiger partial charge in [-0.25, -0.2) is 9.79 Å². The van der Waals surface area contributed by atoms with Crippen LogP contribution in [0.4, 0.5) is 21.9 Å². The molecule has 40 heavy (non-hydrogen) atoms. The highest BCUT2D eigenvalue weighted by Gasteiger charge is 2.37. The number of benzene rings is 4. The lowest BCUT2D eigenvalue weighted by Crippen LogP contribution is -2.43. The smallest absolute Gasteiger partial charge is 0.323 e. The van der Waals surface area contributed by atoms with Gasteiger partial charge in [0, 0.05) is 29.1 Å². The summed E-state index contributed by atoms with van der Waals surface area (Å²) in [6.07, 6.45) is 1.01. The molecule has 0 bridgehead atoms. The van der Waals surface area contributed by atoms with Crippen LogP contribution in [0, 0.1) is 0 Å². The van der Waals surface area contributed by atoms with Gasteiger partial charge in [-0.3, -0.25) is 4.79 Å². The lowest BCUT2D eigenvalue weighted by molar-refractivity contribution is -0.113. The first kappa shape index (κ1) is 25.7. The number of urea groups is 1. The predicted molar refractivity (Wildman–Crippen MR) is 165 cm³/mol. The number of anilines is 3. The first-order chi connectivity index (χ1) is 19.6. The zero-order valence-corrected chi connectivity index (χ0v) is 22.9. The number of para-hydroxylation sites is 1. The van der Waals surface area contributed by atoms with Crippen LogP contribution in [0.25, 0.3) is 10.8 Å². The molecule has 7 nitrogen and oxygen atoms in total. The maximum absolute atomic E-state index is 13.6. The maximum atomic E-state index is 13.6. The first-order valence-electron chi connectivity index (χ1n) is 13.3. The molecule has 1 atom stereocenters. The van der Waals surface area contributed by atoms with Gasteiger partial charge in [0.2, 0.25) is 0 Å². The monoisotopic (exact) mass is 547 g/mol. The van der Waals surface area contributed by atoms with Crippen molar-refractivity contribution < 1.29 is 9.59 Å². The number of nitrogens with zero attached hydrogens (tertiary/aromatic N) is 2. The van der Waals surface area contributed by atoms with Gasteiger partial charge >= 0.3 is 6.03 Å². The number of hydrogen-bond donors (Lipinski definition) is 3. The van der Waals surface area contributed by atoms with E-state index in [2.05, 4.69) is 20.9 Å². The van der Waals surface area contributed by atoms with Gasteiger partial charge in [0.15, 0.2) is 5.17 Å². The third kappa shape index (κ3) is 5.31. The molecule has 0 aliphatic carbocycles. The highest BCUT2D eigenvalue weighted by molar-refractivity contribution is 8.13. The van der Waals surface area contributed by atoms with E-state index in [1.165, 1.54) is 0 Å². The van der Waals surface area contributed by atoms with Crippen LogP contribution >= 0.6 is 11.8 Å². The summed E-state index contributed by atoms with van der Waals surface area (Å²) < 4.78 is 0. The van der Waals surface area contributed by atoms with Crippen LogP contribution in [0.2, 0.25) is 0 Å². The lowest BCUT2D eigenvalue weighted by Gasteiger charge is -2.40. The number of allylic oxidation sites excluding steroid dienone is 1. The summed E-state index contributed by atoms with van der Waals surface area (Å²) in [5.41, 5.74) is 4.47. The number of amides is 3. The number of hydrogen-bond acceptors (Lipinski definition) is 5. The van der Waals surface area contributed by atoms with Crippen molar-refractivity contribution in [2.45, 2.75) is 19.4 Å². The van der Waals surface area contributed by atoms with E-state index in [-0.39, 0.29) is 18.0 Å². The molecule has 0 radical (unpaired) electrons. The molecule has 0 saturated carbocycles. The minimum absolute atomic E-state index is 0.163. The average Bonchev–Trinajstić information content (AvgIpc) is 2.97. The Kier molecular flexibility index (Phi) is 7.25. The fourth-order valence-electron chi connectivity index (χ4n) is 5.19. The van der Waals surface area contributed by atoms with E-state index >= 15 is 0 Å². The average molecular weight is 548 g/mol. The summed E-state index contributed by atoms with van der Waals surface area (Å²) in [7, 11) is 0. The zero-order chi connectivity index (χ0) is 27.5. The van der Waals surface area contributed by atoms with Crippen molar-refractivity contribution >= 4 is 56.7 Å². The highest BCUT2D eigenvalue weighted by atomic mass is 32.2. The SMILES string of the molecule is CC1=C(C(=O)Nc2ccccc2)C(c2ccc(NC(=O)Nc3cccc4ccccc34)cc2)N2CCCSC2=N1. The van der Waals surface area contributed by atoms with Gasteiger partial charge in [-0.2, -0.15) is 0 Å². The Bertz CT molecular complexity index is 1630. The minimum atomic E-state index is -0.317. The van der Waals surface area contributed by atoms with Gasteiger partial charge in [0.25, 0.3) is 5.91 Å². The van der Waals surface area contributed by atoms with E-state index in [0.29, 0.717) is 11.3 Å². The Morgan fingerprint density at radius 2 is 1.55 bits per heavy atom. The summed E-state index contributed by atoms with van der Waals surface area (Å²) in [5.74, 6) is 0.846. The fourth-order valence-corrected chi connectivity index (χ4v) is 6.21. The highest BCUT2D eigenvalue weighted by Crippen LogP contribution is 2.40. The van der Waals surface area contributed by atoms with Crippen LogP contribution in [-0.2, 0) is 4.79 Å². The van der Waals surface area contributed by atoms with E-state index in [1.54, 1.807) is 11.8 Å². The van der Waals surface area contributed by atoms with Crippen molar-refractivity contribution in [3.8, 4) is 0 Å². The molecule has 3 amide bonds. The molecule has 4 aromatic rings. The predicted octanol–water partition coefficient (Wildman–Crippen LogP) is 7.25. The molecule has 6 rings (SSSR count). The maximum Gasteiger partial charge on any atom is 0.323 e. The van der Waals surface area contributed by atoms with Gasteiger partial charge in [-0.05, 0) is 54.6 Å². The Morgan fingerprint density at radius 3 is 2.38 bits per heavy atom. The van der Waals surface area contributed by atoms with Crippen LogP contribution in [0.3, 0.4) is 0 Å². The molecule has 200 valence electrons. The standard InChI is InChI=1S/C32H29N5O2S/c1-21-28(30(38)34-24-11-3-2-4-12-24)29(37-19-8-20-40-32(37)33-21)23-15-17-25(18-16-23)35-31(39)36-27-14-7-10-22-9-5-6-13-26(22)27/h2-7,9-18,29H,8,19-20H2,1H3,(H,34,38)(H2,35,36,39). The van der Waals surface area contributed by atoms with Gasteiger partial charge in [-0.15, -0.1) is 0 Å². The van der Waals surface area contributed by atoms with E-state index in [9.17, 15) is 9.59 Å². The van der Waals surface area contributed by atoms with Crippen LogP contribution in [0.1, 0.15) is 24.9 Å². The molecule has 8 heteroatoms. The molecule has 0 aromatic heterocycles. The molecular formula is C32H29N5O2S. The van der Waals surface area contributed by atoms with Crippen LogP contribution in [-0.4, -0.2) is 34.3 Å². The number of carbonyl (C=O) groups is 2. The van der Waals surface area contributed by atoms with Crippen molar-refractivity contribution in [3.63, 3.8) is 0 Å². The number of thioether (sulfide) groups is 1. The molecule has 1 unspecified atom stereocenters. The molecular weight excluding hydrogens is 518 g/mol. The molecule has 3 N–H and O–H groups in total. The number of carbonyl (C=O) groups excluding carboxylic acids is 2. The van der Waals surface area contributed by atoms with E-state index in [4.69, 9.17) is 4.99 Å². The molecule has 4 aromatic carbocycles. The second kappa shape index (κ2) is 11.3. The zero-order valence-electron chi connectivity index (χ0n) is 22.1. The van der Waals surface area contributed by atoms with Gasteiger partial charge in [-0.1, -0.05) is 78.5 Å². The molecule has 2 aliphatic heterocycles. The summed E-state index contributed by atoms with van der Waals surface area (Å²) >= 11 is 1.72. The lowest BCUT2D eigenvalue weighted by atomic mass is 9.93. The number of nitrogens with one attached hydrogen (secondary N) is 3. The number of rotatable bonds is 5. The quantitative estimate of drug-likeness (QED) is 0.246. The largest absolute Gasteiger partial charge is 0.340 e. The Labute approximate surface area is 237 Å². The van der Waals surface area contributed by atoms with Crippen molar-refractivity contribution in [3.05, 3.63) is 114 Å². The van der Waals surface area contributed by atoms with Crippen molar-refractivity contribution in [1.82, 2.24) is 4.90 Å². The molecule has 2 heterocycles. The van der Waals surface area contributed by atoms with Crippen LogP contribution in [0.15, 0.2) is 113 Å². The first-order valence-corrected chi connectivity index (χ1v) is 14.3. The normalized spacial score (nSPS) is 16.7. The molecule has 1 saturated heterocycles. The van der Waals surface area contributed by atoms with E-state index < -0.39 is 0 Å². The molecule has 0 spiro atoms. The van der Waals surface area contributed by atoms with E-state index in [1.807, 2.05) is 104 Å². The molecule has 2 aliphatic rings. The third-order valence-corrected chi connectivity index (χ3v) is 8.13. The Hall–Kier alpha value is -4.56. The number of aliphatic imine (C=N–C) groups is 1. The summed E-state index contributed by atoms with van der Waals surface area (Å²) in [5, 5.41) is 11.9. The Morgan fingerprint density at radius 1 is 0.825 bits per heavy atom. The topological polar surface area (TPSA) is 85.8 Å². The minimum Gasteiger partial charge on any atom is -0.340 e. The number of amidine groups is 1. The number of fused-ring (bicyclic) bond motifs is 2. The molecule has 1 fully saturated rings. The summed E-state index contributed by atoms with van der Waals surface area (Å²) in [6.45, 7) is 2.72. The summed E-state index contributed by atoms with van der Waals surface area (Å²) in [6, 6.07) is 30.4. The van der Waals surface area contributed by atoms with Gasteiger partial charge < -0.3 is 20.9 Å². The van der Waals surface area contributed by atoms with Gasteiger partial charge in [0.05, 0.1) is 23.0 Å². The summed E-state index contributed by atoms with van der Waals surface area (Å²) in [4.78, 5) is 33.4. The van der Waals surface area contributed by atoms with Crippen molar-refractivity contribution in [1.29, 1.82) is 0 Å². The second-order valence-corrected chi connectivity index (χ2v) is 10.8. The second-order valence-electron chi connectivity index (χ2n) is 9.74. The fraction of sp³-hybridized carbons (Fsp3) is 0.156. The van der Waals surface area contributed by atoms with Crippen LogP contribution < -0.4 is 16.0 Å². The van der Waals surface area contributed by atoms with E-state index in [0.717, 1.165) is 57.3 Å². The Balaban J connectivity index is 1.23. The van der Waals surface area contributed by atoms with Crippen LogP contribution in [0.5, 0.6) is 0 Å². The third-order valence-electron chi connectivity index (χ3n) is 7.06. The van der Waals surface area contributed by atoms with Crippen molar-refractivity contribution in [2.24, 2.45) is 4.99 Å².